The average molecular weight is 436 g/mol. The van der Waals surface area contributed by atoms with Crippen LogP contribution in [0.1, 0.15) is 29.8 Å². The molecule has 2 N–H and O–H groups in total. The molecule has 0 unspecified atom stereocenters. The van der Waals surface area contributed by atoms with E-state index in [-0.39, 0.29) is 10.0 Å². The van der Waals surface area contributed by atoms with Gasteiger partial charge in [0.25, 0.3) is 0 Å². The molecule has 7 nitrogen and oxygen atoms in total. The molecule has 0 bridgehead atoms. The molecule has 2 aromatic rings. The zero-order chi connectivity index (χ0) is 21.6. The van der Waals surface area contributed by atoms with E-state index in [1.54, 1.807) is 56.3 Å². The predicted octanol–water partition coefficient (Wildman–Crippen LogP) is 3.62. The van der Waals surface area contributed by atoms with Crippen LogP contribution in [0.5, 0.6) is 0 Å². The van der Waals surface area contributed by atoms with Crippen LogP contribution in [0.3, 0.4) is 0 Å². The molecule has 2 rings (SSSR count). The van der Waals surface area contributed by atoms with E-state index in [0.29, 0.717) is 30.0 Å². The first-order chi connectivity index (χ1) is 13.7. The molecule has 156 valence electrons. The van der Waals surface area contributed by atoms with Crippen molar-refractivity contribution in [1.82, 2.24) is 4.31 Å². The SMILES string of the molecule is CCN(CC)S(=O)(=O)c1ccc(C)c(NC(=S)Nc2cccc(C(=O)OC)c2)c1. The molecule has 0 aliphatic carbocycles. The Morgan fingerprint density at radius 1 is 1.10 bits per heavy atom. The van der Waals surface area contributed by atoms with Gasteiger partial charge in [0, 0.05) is 24.5 Å². The fourth-order valence-corrected chi connectivity index (χ4v) is 4.45. The molecule has 0 atom stereocenters. The summed E-state index contributed by atoms with van der Waals surface area (Å²) in [6.07, 6.45) is 0. The van der Waals surface area contributed by atoms with Crippen LogP contribution < -0.4 is 10.6 Å². The average Bonchev–Trinajstić information content (AvgIpc) is 2.69. The van der Waals surface area contributed by atoms with Gasteiger partial charge >= 0.3 is 5.97 Å². The Balaban J connectivity index is 2.22. The van der Waals surface area contributed by atoms with Gasteiger partial charge in [-0.1, -0.05) is 26.0 Å². The highest BCUT2D eigenvalue weighted by molar-refractivity contribution is 7.89. The summed E-state index contributed by atoms with van der Waals surface area (Å²) < 4.78 is 31.7. The Labute approximate surface area is 177 Å². The Kier molecular flexibility index (Phi) is 7.72. The fourth-order valence-electron chi connectivity index (χ4n) is 2.74. The zero-order valence-electron chi connectivity index (χ0n) is 16.9. The van der Waals surface area contributed by atoms with E-state index in [9.17, 15) is 13.2 Å². The van der Waals surface area contributed by atoms with Crippen LogP contribution in [0, 0.1) is 6.92 Å². The molecule has 0 amide bonds. The molecule has 9 heteroatoms. The molecular formula is C20H25N3O4S2. The van der Waals surface area contributed by atoms with Crippen molar-refractivity contribution in [3.63, 3.8) is 0 Å². The van der Waals surface area contributed by atoms with E-state index in [1.807, 2.05) is 6.92 Å². The third-order valence-corrected chi connectivity index (χ3v) is 6.59. The van der Waals surface area contributed by atoms with Crippen LogP contribution in [0.15, 0.2) is 47.4 Å². The highest BCUT2D eigenvalue weighted by atomic mass is 32.2. The van der Waals surface area contributed by atoms with E-state index >= 15 is 0 Å². The van der Waals surface area contributed by atoms with Crippen molar-refractivity contribution in [3.05, 3.63) is 53.6 Å². The lowest BCUT2D eigenvalue weighted by Crippen LogP contribution is -2.30. The number of ether oxygens (including phenoxy) is 1. The normalized spacial score (nSPS) is 11.2. The fraction of sp³-hybridized carbons (Fsp3) is 0.300. The first kappa shape index (κ1) is 22.8. The second kappa shape index (κ2) is 9.82. The molecule has 2 aromatic carbocycles. The Morgan fingerprint density at radius 2 is 1.79 bits per heavy atom. The topological polar surface area (TPSA) is 87.7 Å². The van der Waals surface area contributed by atoms with E-state index < -0.39 is 16.0 Å². The second-order valence-electron chi connectivity index (χ2n) is 6.22. The maximum absolute atomic E-state index is 12.8. The highest BCUT2D eigenvalue weighted by Crippen LogP contribution is 2.23. The number of thiocarbonyl (C=S) groups is 1. The van der Waals surface area contributed by atoms with Crippen LogP contribution >= 0.6 is 12.2 Å². The van der Waals surface area contributed by atoms with Crippen molar-refractivity contribution < 1.29 is 17.9 Å². The van der Waals surface area contributed by atoms with Crippen molar-refractivity contribution in [2.24, 2.45) is 0 Å². The smallest absolute Gasteiger partial charge is 0.337 e. The minimum Gasteiger partial charge on any atom is -0.465 e. The zero-order valence-corrected chi connectivity index (χ0v) is 18.5. The number of benzene rings is 2. The van der Waals surface area contributed by atoms with Gasteiger partial charge in [-0.25, -0.2) is 13.2 Å². The van der Waals surface area contributed by atoms with Crippen LogP contribution in [0.4, 0.5) is 11.4 Å². The van der Waals surface area contributed by atoms with E-state index in [2.05, 4.69) is 10.6 Å². The number of sulfonamides is 1. The van der Waals surface area contributed by atoms with Gasteiger partial charge < -0.3 is 15.4 Å². The quantitative estimate of drug-likeness (QED) is 0.507. The van der Waals surface area contributed by atoms with Crippen molar-refractivity contribution in [2.75, 3.05) is 30.8 Å². The lowest BCUT2D eigenvalue weighted by molar-refractivity contribution is 0.0601. The highest BCUT2D eigenvalue weighted by Gasteiger charge is 2.22. The summed E-state index contributed by atoms with van der Waals surface area (Å²) in [4.78, 5) is 11.9. The van der Waals surface area contributed by atoms with E-state index in [4.69, 9.17) is 17.0 Å². The predicted molar refractivity (Wildman–Crippen MR) is 119 cm³/mol. The van der Waals surface area contributed by atoms with Crippen molar-refractivity contribution in [2.45, 2.75) is 25.7 Å². The van der Waals surface area contributed by atoms with Crippen molar-refractivity contribution in [1.29, 1.82) is 0 Å². The van der Waals surface area contributed by atoms with Gasteiger partial charge in [-0.3, -0.25) is 0 Å². The molecule has 0 saturated heterocycles. The number of anilines is 2. The number of hydrogen-bond donors (Lipinski definition) is 2. The number of esters is 1. The molecular weight excluding hydrogens is 410 g/mol. The second-order valence-corrected chi connectivity index (χ2v) is 8.56. The molecule has 0 spiro atoms. The Hall–Kier alpha value is -2.49. The first-order valence-corrected chi connectivity index (χ1v) is 10.9. The summed E-state index contributed by atoms with van der Waals surface area (Å²) in [7, 11) is -2.26. The lowest BCUT2D eigenvalue weighted by atomic mass is 10.2. The third kappa shape index (κ3) is 5.53. The van der Waals surface area contributed by atoms with Gasteiger partial charge in [-0.15, -0.1) is 0 Å². The number of rotatable bonds is 7. The minimum absolute atomic E-state index is 0.199. The Morgan fingerprint density at radius 3 is 2.41 bits per heavy atom. The number of nitrogens with zero attached hydrogens (tertiary/aromatic N) is 1. The van der Waals surface area contributed by atoms with Gasteiger partial charge in [0.05, 0.1) is 17.6 Å². The van der Waals surface area contributed by atoms with Gasteiger partial charge in [-0.05, 0) is 55.0 Å². The summed E-state index contributed by atoms with van der Waals surface area (Å²) in [5.74, 6) is -0.447. The number of carbonyl (C=O) groups is 1. The van der Waals surface area contributed by atoms with E-state index in [0.717, 1.165) is 5.56 Å². The van der Waals surface area contributed by atoms with Gasteiger partial charge in [0.15, 0.2) is 5.11 Å². The summed E-state index contributed by atoms with van der Waals surface area (Å²) >= 11 is 5.35. The summed E-state index contributed by atoms with van der Waals surface area (Å²) in [5.41, 5.74) is 2.43. The molecule has 0 saturated carbocycles. The monoisotopic (exact) mass is 435 g/mol. The minimum atomic E-state index is -3.57. The molecule has 0 aliphatic heterocycles. The van der Waals surface area contributed by atoms with Gasteiger partial charge in [-0.2, -0.15) is 4.31 Å². The van der Waals surface area contributed by atoms with Gasteiger partial charge in [0.2, 0.25) is 10.0 Å². The van der Waals surface area contributed by atoms with Crippen LogP contribution in [-0.2, 0) is 14.8 Å². The summed E-state index contributed by atoms with van der Waals surface area (Å²) in [6.45, 7) is 6.25. The van der Waals surface area contributed by atoms with Crippen LogP contribution in [-0.4, -0.2) is 44.0 Å². The molecule has 29 heavy (non-hydrogen) atoms. The standard InChI is InChI=1S/C20H25N3O4S2/c1-5-23(6-2)29(25,26)17-11-10-14(3)18(13-17)22-20(28)21-16-9-7-8-15(12-16)19(24)27-4/h7-13H,5-6H2,1-4H3,(H2,21,22,28). The molecule has 0 radical (unpaired) electrons. The maximum Gasteiger partial charge on any atom is 0.337 e. The largest absolute Gasteiger partial charge is 0.465 e. The molecule has 0 aromatic heterocycles. The Bertz CT molecular complexity index is 1000. The van der Waals surface area contributed by atoms with Crippen molar-refractivity contribution in [3.8, 4) is 0 Å². The van der Waals surface area contributed by atoms with Crippen LogP contribution in [0.2, 0.25) is 0 Å². The van der Waals surface area contributed by atoms with Crippen LogP contribution in [0.25, 0.3) is 0 Å². The number of carbonyl (C=O) groups excluding carboxylic acids is 1. The number of nitrogens with one attached hydrogen (secondary N) is 2. The number of hydrogen-bond acceptors (Lipinski definition) is 5. The maximum atomic E-state index is 12.8. The first-order valence-electron chi connectivity index (χ1n) is 9.10. The third-order valence-electron chi connectivity index (χ3n) is 4.34. The number of methoxy groups -OCH3 is 1. The van der Waals surface area contributed by atoms with E-state index in [1.165, 1.54) is 11.4 Å². The van der Waals surface area contributed by atoms with Gasteiger partial charge in [0.1, 0.15) is 0 Å². The molecule has 0 heterocycles. The summed E-state index contributed by atoms with van der Waals surface area (Å²) in [6, 6.07) is 11.6. The van der Waals surface area contributed by atoms with Crippen molar-refractivity contribution >= 4 is 44.7 Å². The summed E-state index contributed by atoms with van der Waals surface area (Å²) in [5, 5.41) is 6.29. The number of aryl methyl sites for hydroxylation is 1. The lowest BCUT2D eigenvalue weighted by Gasteiger charge is -2.20. The molecule has 0 fully saturated rings. The molecule has 0 aliphatic rings.